The number of hydrogen-bond donors (Lipinski definition) is 1. The first-order valence-corrected chi connectivity index (χ1v) is 6.97. The molecule has 0 fully saturated rings. The SMILES string of the molecule is COc1ccc(C(=O)Nc2ccc3ccc(OC)nc3n2)cc1. The zero-order valence-corrected chi connectivity index (χ0v) is 12.7. The lowest BCUT2D eigenvalue weighted by Crippen LogP contribution is -2.12. The Kier molecular flexibility index (Phi) is 4.05. The Hall–Kier alpha value is -3.15. The third-order valence-corrected chi connectivity index (χ3v) is 3.33. The second-order valence-electron chi connectivity index (χ2n) is 4.78. The van der Waals surface area contributed by atoms with Crippen molar-refractivity contribution in [2.24, 2.45) is 0 Å². The molecule has 0 unspecified atom stereocenters. The highest BCUT2D eigenvalue weighted by Gasteiger charge is 2.08. The Morgan fingerprint density at radius 3 is 2.35 bits per heavy atom. The van der Waals surface area contributed by atoms with Gasteiger partial charge in [0.15, 0.2) is 5.65 Å². The molecule has 0 aliphatic carbocycles. The molecule has 6 nitrogen and oxygen atoms in total. The van der Waals surface area contributed by atoms with Gasteiger partial charge in [-0.3, -0.25) is 4.79 Å². The van der Waals surface area contributed by atoms with Crippen molar-refractivity contribution in [1.82, 2.24) is 9.97 Å². The molecule has 0 saturated carbocycles. The minimum atomic E-state index is -0.248. The monoisotopic (exact) mass is 309 g/mol. The van der Waals surface area contributed by atoms with E-state index in [4.69, 9.17) is 9.47 Å². The standard InChI is InChI=1S/C17H15N3O3/c1-22-13-7-3-12(4-8-13)17(21)19-14-9-5-11-6-10-15(23-2)20-16(11)18-14/h3-10H,1-2H3,(H,18,19,20,21). The number of benzene rings is 1. The maximum Gasteiger partial charge on any atom is 0.256 e. The van der Waals surface area contributed by atoms with Crippen molar-refractivity contribution in [3.63, 3.8) is 0 Å². The smallest absolute Gasteiger partial charge is 0.256 e. The highest BCUT2D eigenvalue weighted by atomic mass is 16.5. The number of rotatable bonds is 4. The van der Waals surface area contributed by atoms with Crippen molar-refractivity contribution in [1.29, 1.82) is 0 Å². The molecule has 2 aromatic heterocycles. The molecule has 23 heavy (non-hydrogen) atoms. The number of methoxy groups -OCH3 is 2. The van der Waals surface area contributed by atoms with Crippen molar-refractivity contribution in [2.75, 3.05) is 19.5 Å². The molecule has 2 heterocycles. The molecule has 1 aromatic carbocycles. The fourth-order valence-corrected chi connectivity index (χ4v) is 2.10. The van der Waals surface area contributed by atoms with Crippen LogP contribution in [0.15, 0.2) is 48.5 Å². The molecule has 116 valence electrons. The summed E-state index contributed by atoms with van der Waals surface area (Å²) in [6, 6.07) is 14.1. The number of pyridine rings is 2. The van der Waals surface area contributed by atoms with Gasteiger partial charge in [0.05, 0.1) is 14.2 Å². The van der Waals surface area contributed by atoms with E-state index in [-0.39, 0.29) is 5.91 Å². The van der Waals surface area contributed by atoms with Crippen LogP contribution in [0.5, 0.6) is 11.6 Å². The van der Waals surface area contributed by atoms with Gasteiger partial charge in [-0.1, -0.05) is 0 Å². The highest BCUT2D eigenvalue weighted by Crippen LogP contribution is 2.18. The first-order valence-electron chi connectivity index (χ1n) is 6.97. The Morgan fingerprint density at radius 2 is 1.65 bits per heavy atom. The molecule has 1 N–H and O–H groups in total. The molecule has 0 bridgehead atoms. The number of ether oxygens (including phenoxy) is 2. The maximum absolute atomic E-state index is 12.2. The fourth-order valence-electron chi connectivity index (χ4n) is 2.10. The summed E-state index contributed by atoms with van der Waals surface area (Å²) in [5.41, 5.74) is 1.03. The van der Waals surface area contributed by atoms with E-state index in [1.165, 1.54) is 0 Å². The lowest BCUT2D eigenvalue weighted by molar-refractivity contribution is 0.102. The molecular formula is C17H15N3O3. The van der Waals surface area contributed by atoms with Gasteiger partial charge in [0.1, 0.15) is 11.6 Å². The molecular weight excluding hydrogens is 294 g/mol. The van der Waals surface area contributed by atoms with Crippen LogP contribution in [0, 0.1) is 0 Å². The first-order chi connectivity index (χ1) is 11.2. The summed E-state index contributed by atoms with van der Waals surface area (Å²) in [5, 5.41) is 3.62. The van der Waals surface area contributed by atoms with Crippen LogP contribution >= 0.6 is 0 Å². The molecule has 1 amide bonds. The van der Waals surface area contributed by atoms with E-state index in [1.807, 2.05) is 12.1 Å². The predicted octanol–water partition coefficient (Wildman–Crippen LogP) is 2.90. The van der Waals surface area contributed by atoms with Gasteiger partial charge >= 0.3 is 0 Å². The normalized spacial score (nSPS) is 10.3. The summed E-state index contributed by atoms with van der Waals surface area (Å²) in [5.74, 6) is 1.35. The van der Waals surface area contributed by atoms with E-state index in [0.29, 0.717) is 28.7 Å². The number of carbonyl (C=O) groups excluding carboxylic acids is 1. The quantitative estimate of drug-likeness (QED) is 0.802. The molecule has 0 aliphatic rings. The molecule has 0 spiro atoms. The Morgan fingerprint density at radius 1 is 0.913 bits per heavy atom. The van der Waals surface area contributed by atoms with Gasteiger partial charge in [-0.15, -0.1) is 0 Å². The molecule has 3 aromatic rings. The number of nitrogens with one attached hydrogen (secondary N) is 1. The average Bonchev–Trinajstić information content (AvgIpc) is 2.61. The lowest BCUT2D eigenvalue weighted by atomic mass is 10.2. The fraction of sp³-hybridized carbons (Fsp3) is 0.118. The second kappa shape index (κ2) is 6.31. The summed E-state index contributed by atoms with van der Waals surface area (Å²) in [4.78, 5) is 20.8. The zero-order valence-electron chi connectivity index (χ0n) is 12.7. The van der Waals surface area contributed by atoms with E-state index in [2.05, 4.69) is 15.3 Å². The number of anilines is 1. The van der Waals surface area contributed by atoms with Crippen molar-refractivity contribution >= 4 is 22.8 Å². The van der Waals surface area contributed by atoms with Gasteiger partial charge in [0.2, 0.25) is 5.88 Å². The van der Waals surface area contributed by atoms with Crippen LogP contribution < -0.4 is 14.8 Å². The molecule has 0 atom stereocenters. The van der Waals surface area contributed by atoms with Crippen LogP contribution in [0.4, 0.5) is 5.82 Å². The van der Waals surface area contributed by atoms with Gasteiger partial charge in [-0.05, 0) is 42.5 Å². The van der Waals surface area contributed by atoms with Crippen LogP contribution in [0.1, 0.15) is 10.4 Å². The van der Waals surface area contributed by atoms with Gasteiger partial charge in [0.25, 0.3) is 5.91 Å². The van der Waals surface area contributed by atoms with E-state index < -0.39 is 0 Å². The number of amides is 1. The van der Waals surface area contributed by atoms with Crippen molar-refractivity contribution < 1.29 is 14.3 Å². The van der Waals surface area contributed by atoms with E-state index in [9.17, 15) is 4.79 Å². The molecule has 0 radical (unpaired) electrons. The zero-order chi connectivity index (χ0) is 16.2. The number of nitrogens with zero attached hydrogens (tertiary/aromatic N) is 2. The first kappa shape index (κ1) is 14.8. The third-order valence-electron chi connectivity index (χ3n) is 3.33. The van der Waals surface area contributed by atoms with Crippen LogP contribution in [-0.2, 0) is 0 Å². The largest absolute Gasteiger partial charge is 0.497 e. The summed E-state index contributed by atoms with van der Waals surface area (Å²) >= 11 is 0. The Balaban J connectivity index is 1.83. The number of hydrogen-bond acceptors (Lipinski definition) is 5. The van der Waals surface area contributed by atoms with E-state index >= 15 is 0 Å². The summed E-state index contributed by atoms with van der Waals surface area (Å²) < 4.78 is 10.2. The van der Waals surface area contributed by atoms with Gasteiger partial charge in [-0.2, -0.15) is 4.98 Å². The van der Waals surface area contributed by atoms with Crippen molar-refractivity contribution in [3.8, 4) is 11.6 Å². The maximum atomic E-state index is 12.2. The minimum Gasteiger partial charge on any atom is -0.497 e. The molecule has 0 saturated heterocycles. The summed E-state index contributed by atoms with van der Waals surface area (Å²) in [6.45, 7) is 0. The number of fused-ring (bicyclic) bond motifs is 1. The second-order valence-corrected chi connectivity index (χ2v) is 4.78. The highest BCUT2D eigenvalue weighted by molar-refractivity contribution is 6.04. The van der Waals surface area contributed by atoms with Crippen LogP contribution in [-0.4, -0.2) is 30.1 Å². The lowest BCUT2D eigenvalue weighted by Gasteiger charge is -2.07. The number of aromatic nitrogens is 2. The molecule has 6 heteroatoms. The Labute approximate surface area is 133 Å². The van der Waals surface area contributed by atoms with Crippen molar-refractivity contribution in [3.05, 3.63) is 54.1 Å². The summed E-state index contributed by atoms with van der Waals surface area (Å²) in [6.07, 6.45) is 0. The van der Waals surface area contributed by atoms with E-state index in [0.717, 1.165) is 5.39 Å². The average molecular weight is 309 g/mol. The van der Waals surface area contributed by atoms with Crippen LogP contribution in [0.25, 0.3) is 11.0 Å². The third kappa shape index (κ3) is 3.21. The van der Waals surface area contributed by atoms with Gasteiger partial charge < -0.3 is 14.8 Å². The topological polar surface area (TPSA) is 73.3 Å². The van der Waals surface area contributed by atoms with Gasteiger partial charge in [0, 0.05) is 17.0 Å². The minimum absolute atomic E-state index is 0.248. The molecule has 0 aliphatic heterocycles. The summed E-state index contributed by atoms with van der Waals surface area (Å²) in [7, 11) is 3.12. The van der Waals surface area contributed by atoms with Gasteiger partial charge in [-0.25, -0.2) is 4.98 Å². The number of carbonyl (C=O) groups is 1. The Bertz CT molecular complexity index is 847. The van der Waals surface area contributed by atoms with Crippen molar-refractivity contribution in [2.45, 2.75) is 0 Å². The van der Waals surface area contributed by atoms with E-state index in [1.54, 1.807) is 50.6 Å². The van der Waals surface area contributed by atoms with Crippen LogP contribution in [0.2, 0.25) is 0 Å². The molecule has 3 rings (SSSR count). The van der Waals surface area contributed by atoms with Crippen LogP contribution in [0.3, 0.4) is 0 Å². The predicted molar refractivity (Wildman–Crippen MR) is 87.0 cm³/mol.